The number of rotatable bonds is 4. The van der Waals surface area contributed by atoms with E-state index in [4.69, 9.17) is 9.88 Å². The van der Waals surface area contributed by atoms with Crippen molar-refractivity contribution in [2.24, 2.45) is 5.14 Å². The lowest BCUT2D eigenvalue weighted by atomic mass is 10.1. The highest BCUT2D eigenvalue weighted by Gasteiger charge is 2.32. The van der Waals surface area contributed by atoms with E-state index in [1.165, 1.54) is 22.8 Å². The van der Waals surface area contributed by atoms with Gasteiger partial charge in [0, 0.05) is 27.6 Å². The molecule has 2 aromatic heterocycles. The molecular weight excluding hydrogens is 411 g/mol. The van der Waals surface area contributed by atoms with E-state index in [1.807, 2.05) is 19.1 Å². The van der Waals surface area contributed by atoms with Gasteiger partial charge in [-0.25, -0.2) is 9.19 Å². The summed E-state index contributed by atoms with van der Waals surface area (Å²) in [5, 5.41) is 7.14. The third kappa shape index (κ3) is 4.34. The Morgan fingerprint density at radius 2 is 1.86 bits per heavy atom. The third-order valence-corrected chi connectivity index (χ3v) is 6.86. The van der Waals surface area contributed by atoms with Gasteiger partial charge in [-0.05, 0) is 37.3 Å². The van der Waals surface area contributed by atoms with Gasteiger partial charge < -0.3 is 4.74 Å². The van der Waals surface area contributed by atoms with Gasteiger partial charge in [0.2, 0.25) is 0 Å². The lowest BCUT2D eigenvalue weighted by Crippen LogP contribution is -2.16. The Bertz CT molecular complexity index is 1100. The molecule has 0 bridgehead atoms. The fourth-order valence-corrected chi connectivity index (χ4v) is 5.00. The molecule has 0 aliphatic heterocycles. The maximum absolute atomic E-state index is 12.9. The molecule has 1 atom stereocenters. The molecular formula is C18H16F3N3O2S2. The molecule has 0 amide bonds. The number of alkyl halides is 3. The van der Waals surface area contributed by atoms with Crippen LogP contribution < -0.4 is 9.88 Å². The van der Waals surface area contributed by atoms with Gasteiger partial charge >= 0.3 is 6.18 Å². The van der Waals surface area contributed by atoms with Gasteiger partial charge in [0.1, 0.15) is 11.4 Å². The average molecular weight is 427 g/mol. The molecule has 2 N–H and O–H groups in total. The number of aryl methyl sites for hydroxylation is 1. The van der Waals surface area contributed by atoms with Crippen LogP contribution >= 0.6 is 11.3 Å². The third-order valence-electron chi connectivity index (χ3n) is 3.80. The van der Waals surface area contributed by atoms with Crippen LogP contribution in [0.15, 0.2) is 46.9 Å². The highest BCUT2D eigenvalue weighted by atomic mass is 32.2. The molecule has 10 heteroatoms. The second-order valence-electron chi connectivity index (χ2n) is 5.85. The van der Waals surface area contributed by atoms with Crippen molar-refractivity contribution in [3.63, 3.8) is 0 Å². The van der Waals surface area contributed by atoms with Crippen LogP contribution in [0, 0.1) is 6.92 Å². The van der Waals surface area contributed by atoms with Crippen LogP contribution in [0.3, 0.4) is 0 Å². The molecule has 0 saturated carbocycles. The van der Waals surface area contributed by atoms with Crippen LogP contribution in [0.2, 0.25) is 0 Å². The van der Waals surface area contributed by atoms with Gasteiger partial charge in [-0.1, -0.05) is 6.07 Å². The molecule has 0 spiro atoms. The molecule has 148 valence electrons. The molecule has 0 saturated heterocycles. The summed E-state index contributed by atoms with van der Waals surface area (Å²) in [7, 11) is -1.63. The van der Waals surface area contributed by atoms with E-state index in [-0.39, 0.29) is 9.90 Å². The van der Waals surface area contributed by atoms with E-state index in [1.54, 1.807) is 19.2 Å². The van der Waals surface area contributed by atoms with Crippen molar-refractivity contribution >= 4 is 26.4 Å². The SMILES string of the molecule is COc1ccc(-c2nc(S(N)(=O)=Cc3ccc(C(F)(F)F)nc3)sc2C)cc1. The largest absolute Gasteiger partial charge is 0.497 e. The van der Waals surface area contributed by atoms with E-state index >= 15 is 0 Å². The Hall–Kier alpha value is -2.43. The number of ether oxygens (including phenoxy) is 1. The lowest BCUT2D eigenvalue weighted by molar-refractivity contribution is -0.141. The average Bonchev–Trinajstić information content (AvgIpc) is 3.04. The maximum Gasteiger partial charge on any atom is 0.433 e. The molecule has 2 heterocycles. The van der Waals surface area contributed by atoms with Crippen molar-refractivity contribution in [3.8, 4) is 17.0 Å². The molecule has 0 aliphatic carbocycles. The zero-order chi connectivity index (χ0) is 20.5. The Labute approximate surface area is 164 Å². The standard InChI is InChI=1S/C18H16F3N3O2S2/c1-11-16(13-4-6-14(26-2)7-5-13)24-17(27-11)28(22,25)10-12-3-8-15(23-9-12)18(19,20)21/h3-10H,1-2H3,(H2,22,25). The molecule has 28 heavy (non-hydrogen) atoms. The first-order chi connectivity index (χ1) is 13.1. The Morgan fingerprint density at radius 3 is 2.39 bits per heavy atom. The predicted molar refractivity (Wildman–Crippen MR) is 104 cm³/mol. The van der Waals surface area contributed by atoms with Crippen molar-refractivity contribution in [2.75, 3.05) is 7.11 Å². The summed E-state index contributed by atoms with van der Waals surface area (Å²) in [5.41, 5.74) is 0.645. The van der Waals surface area contributed by atoms with Gasteiger partial charge in [0.25, 0.3) is 0 Å². The Morgan fingerprint density at radius 1 is 1.18 bits per heavy atom. The summed E-state index contributed by atoms with van der Waals surface area (Å²) >= 11 is 1.18. The maximum atomic E-state index is 12.9. The second-order valence-corrected chi connectivity index (χ2v) is 9.23. The lowest BCUT2D eigenvalue weighted by Gasteiger charge is -2.05. The number of halogens is 3. The number of hydrogen-bond acceptors (Lipinski definition) is 5. The van der Waals surface area contributed by atoms with Crippen molar-refractivity contribution in [1.82, 2.24) is 9.97 Å². The van der Waals surface area contributed by atoms with E-state index in [9.17, 15) is 17.4 Å². The fourth-order valence-electron chi connectivity index (χ4n) is 2.42. The van der Waals surface area contributed by atoms with Crippen molar-refractivity contribution in [3.05, 3.63) is 58.7 Å². The second kappa shape index (κ2) is 7.53. The predicted octanol–water partition coefficient (Wildman–Crippen LogP) is 3.91. The van der Waals surface area contributed by atoms with Crippen LogP contribution in [0.5, 0.6) is 5.75 Å². The van der Waals surface area contributed by atoms with Gasteiger partial charge in [0.05, 0.1) is 22.5 Å². The van der Waals surface area contributed by atoms with Gasteiger partial charge in [0.15, 0.2) is 4.34 Å². The minimum Gasteiger partial charge on any atom is -0.497 e. The van der Waals surface area contributed by atoms with Crippen molar-refractivity contribution in [2.45, 2.75) is 17.4 Å². The summed E-state index contributed by atoms with van der Waals surface area (Å²) < 4.78 is 56.1. The number of nitrogens with two attached hydrogens (primary N) is 1. The first kappa shape index (κ1) is 20.3. The molecule has 0 aliphatic rings. The minimum absolute atomic E-state index is 0.190. The van der Waals surface area contributed by atoms with Crippen LogP contribution in [0.1, 0.15) is 16.1 Å². The number of pyridine rings is 1. The number of aromatic nitrogens is 2. The first-order valence-corrected chi connectivity index (χ1v) is 10.4. The van der Waals surface area contributed by atoms with Gasteiger partial charge in [-0.3, -0.25) is 10.1 Å². The topological polar surface area (TPSA) is 78.1 Å². The Kier molecular flexibility index (Phi) is 5.46. The van der Waals surface area contributed by atoms with Crippen LogP contribution in [0.4, 0.5) is 13.2 Å². The summed E-state index contributed by atoms with van der Waals surface area (Å²) in [4.78, 5) is 8.57. The molecule has 1 unspecified atom stereocenters. The van der Waals surface area contributed by atoms with E-state index in [2.05, 4.69) is 9.97 Å². The van der Waals surface area contributed by atoms with E-state index in [0.29, 0.717) is 11.4 Å². The first-order valence-electron chi connectivity index (χ1n) is 7.92. The van der Waals surface area contributed by atoms with E-state index in [0.717, 1.165) is 22.7 Å². The van der Waals surface area contributed by atoms with Crippen LogP contribution in [0.25, 0.3) is 11.3 Å². The normalized spacial score (nSPS) is 13.8. The molecule has 1 aromatic carbocycles. The van der Waals surface area contributed by atoms with Crippen LogP contribution in [-0.4, -0.2) is 26.7 Å². The zero-order valence-corrected chi connectivity index (χ0v) is 16.5. The fraction of sp³-hybridized carbons (Fsp3) is 0.167. The monoisotopic (exact) mass is 427 g/mol. The van der Waals surface area contributed by atoms with Crippen molar-refractivity contribution < 1.29 is 22.1 Å². The Balaban J connectivity index is 1.95. The molecule has 0 fully saturated rings. The smallest absolute Gasteiger partial charge is 0.433 e. The van der Waals surface area contributed by atoms with Gasteiger partial charge in [-0.2, -0.15) is 13.2 Å². The summed E-state index contributed by atoms with van der Waals surface area (Å²) in [6.07, 6.45) is -3.55. The number of thiazole rings is 1. The summed E-state index contributed by atoms with van der Waals surface area (Å²) in [5.74, 6) is 0.697. The van der Waals surface area contributed by atoms with E-state index < -0.39 is 21.6 Å². The number of nitrogens with zero attached hydrogens (tertiary/aromatic N) is 2. The number of hydrogen-bond donors (Lipinski definition) is 1. The molecule has 5 nitrogen and oxygen atoms in total. The summed E-state index contributed by atoms with van der Waals surface area (Å²) in [6.45, 7) is 1.83. The number of benzene rings is 1. The molecule has 0 radical (unpaired) electrons. The quantitative estimate of drug-likeness (QED) is 0.641. The summed E-state index contributed by atoms with van der Waals surface area (Å²) in [6, 6.07) is 9.21. The van der Waals surface area contributed by atoms with Crippen LogP contribution in [-0.2, 0) is 15.9 Å². The zero-order valence-electron chi connectivity index (χ0n) is 14.9. The number of methoxy groups -OCH3 is 1. The molecule has 3 aromatic rings. The molecule has 3 rings (SSSR count). The van der Waals surface area contributed by atoms with Gasteiger partial charge in [-0.15, -0.1) is 11.3 Å². The minimum atomic E-state index is -4.54. The highest BCUT2D eigenvalue weighted by molar-refractivity contribution is 8.01. The highest BCUT2D eigenvalue weighted by Crippen LogP contribution is 2.31. The van der Waals surface area contributed by atoms with Crippen molar-refractivity contribution in [1.29, 1.82) is 0 Å².